The molecule has 2 aromatic rings. The van der Waals surface area contributed by atoms with Gasteiger partial charge in [-0.1, -0.05) is 56.7 Å². The van der Waals surface area contributed by atoms with Gasteiger partial charge in [-0.15, -0.1) is 0 Å². The molecule has 2 fully saturated rings. The number of ether oxygens (including phenoxy) is 4. The molecule has 2 aromatic carbocycles. The topological polar surface area (TPSA) is 179 Å². The molecule has 48 heavy (non-hydrogen) atoms. The molecule has 5 N–H and O–H groups in total. The monoisotopic (exact) mass is 690 g/mol. The summed E-state index contributed by atoms with van der Waals surface area (Å²) in [6, 6.07) is 14.5. The normalized spacial score (nSPS) is 20.6. The van der Waals surface area contributed by atoms with Gasteiger partial charge < -0.3 is 40.4 Å². The van der Waals surface area contributed by atoms with Crippen molar-refractivity contribution < 1.29 is 42.1 Å². The molecule has 2 amide bonds. The summed E-state index contributed by atoms with van der Waals surface area (Å²) in [7, 11) is -4.12. The van der Waals surface area contributed by atoms with Gasteiger partial charge in [0, 0.05) is 25.3 Å². The van der Waals surface area contributed by atoms with Crippen LogP contribution in [0.1, 0.15) is 52.0 Å². The van der Waals surface area contributed by atoms with Crippen LogP contribution in [0.2, 0.25) is 0 Å². The number of hydrogen-bond donors (Lipinski definition) is 4. The summed E-state index contributed by atoms with van der Waals surface area (Å²) < 4.78 is 51.2. The van der Waals surface area contributed by atoms with Crippen molar-refractivity contribution in [1.82, 2.24) is 14.9 Å². The Morgan fingerprint density at radius 2 is 1.88 bits per heavy atom. The predicted octanol–water partition coefficient (Wildman–Crippen LogP) is 3.66. The molecule has 4 rings (SSSR count). The fraction of sp³-hybridized carbons (Fsp3) is 0.588. The van der Waals surface area contributed by atoms with Gasteiger partial charge in [0.25, 0.3) is 0 Å². The Balaban J connectivity index is 1.50. The van der Waals surface area contributed by atoms with Crippen molar-refractivity contribution >= 4 is 27.9 Å². The highest BCUT2D eigenvalue weighted by Crippen LogP contribution is 2.33. The Bertz CT molecular complexity index is 1440. The third kappa shape index (κ3) is 10.8. The summed E-state index contributed by atoms with van der Waals surface area (Å²) in [5.41, 5.74) is 6.58. The smallest absolute Gasteiger partial charge is 0.407 e. The van der Waals surface area contributed by atoms with E-state index in [1.807, 2.05) is 44.2 Å². The van der Waals surface area contributed by atoms with Crippen LogP contribution in [0.15, 0.2) is 59.5 Å². The van der Waals surface area contributed by atoms with E-state index in [4.69, 9.17) is 24.7 Å². The lowest BCUT2D eigenvalue weighted by molar-refractivity contribution is -0.0907. The van der Waals surface area contributed by atoms with Gasteiger partial charge in [-0.05, 0) is 61.8 Å². The van der Waals surface area contributed by atoms with Crippen molar-refractivity contribution in [2.45, 2.75) is 82.3 Å². The standard InChI is InChI=1S/C34H50N4O9S/c1-4-44-32(40)36-17-9-8-16-34(2,3)23-38(48(42,43)26-14-10-13-25(35)20-26)21-29(39)28(19-24-11-6-5-7-12-24)37-33(41)47-30-22-46-31-27(30)15-18-45-31/h5-7,10-14,20,27-31,39H,4,8-9,15-19,21-23,35H2,1-3H3,(H,36,40)(H,37,41)/t27-,28-,29+,30-,31+/m0/s1. The minimum Gasteiger partial charge on any atom is -0.450 e. The first-order valence-electron chi connectivity index (χ1n) is 16.6. The number of rotatable bonds is 17. The van der Waals surface area contributed by atoms with Crippen molar-refractivity contribution in [2.24, 2.45) is 11.3 Å². The number of amides is 2. The average Bonchev–Trinajstić information content (AvgIpc) is 3.66. The second kappa shape index (κ2) is 17.3. The number of anilines is 1. The van der Waals surface area contributed by atoms with E-state index in [0.29, 0.717) is 38.1 Å². The van der Waals surface area contributed by atoms with Gasteiger partial charge in [-0.3, -0.25) is 0 Å². The maximum atomic E-state index is 14.1. The van der Waals surface area contributed by atoms with Gasteiger partial charge in [0.15, 0.2) is 6.29 Å². The van der Waals surface area contributed by atoms with Gasteiger partial charge in [0.2, 0.25) is 10.0 Å². The average molecular weight is 691 g/mol. The first-order valence-corrected chi connectivity index (χ1v) is 18.0. The number of aliphatic hydroxyl groups is 1. The minimum absolute atomic E-state index is 0.00526. The molecule has 0 unspecified atom stereocenters. The molecule has 2 saturated heterocycles. The minimum atomic E-state index is -4.12. The number of carbonyl (C=O) groups excluding carboxylic acids is 2. The lowest BCUT2D eigenvalue weighted by Crippen LogP contribution is -2.52. The number of hydrogen-bond acceptors (Lipinski definition) is 10. The molecule has 5 atom stereocenters. The van der Waals surface area contributed by atoms with Crippen molar-refractivity contribution in [3.05, 3.63) is 60.2 Å². The van der Waals surface area contributed by atoms with Crippen LogP contribution in [0.4, 0.5) is 15.3 Å². The van der Waals surface area contributed by atoms with Gasteiger partial charge >= 0.3 is 12.2 Å². The van der Waals surface area contributed by atoms with Crippen molar-refractivity contribution in [1.29, 1.82) is 0 Å². The Morgan fingerprint density at radius 3 is 2.60 bits per heavy atom. The van der Waals surface area contributed by atoms with Crippen molar-refractivity contribution in [2.75, 3.05) is 45.2 Å². The lowest BCUT2D eigenvalue weighted by atomic mass is 9.87. The second-order valence-electron chi connectivity index (χ2n) is 13.1. The van der Waals surface area contributed by atoms with E-state index < -0.39 is 52.2 Å². The van der Waals surface area contributed by atoms with E-state index in [-0.39, 0.29) is 43.5 Å². The van der Waals surface area contributed by atoms with Crippen LogP contribution >= 0.6 is 0 Å². The van der Waals surface area contributed by atoms with Crippen LogP contribution in [0.5, 0.6) is 0 Å². The van der Waals surface area contributed by atoms with Crippen LogP contribution in [0, 0.1) is 11.3 Å². The molecule has 2 aliphatic heterocycles. The molecule has 2 heterocycles. The Kier molecular flexibility index (Phi) is 13.5. The molecule has 0 aromatic heterocycles. The molecule has 0 bridgehead atoms. The van der Waals surface area contributed by atoms with Crippen molar-refractivity contribution in [3.63, 3.8) is 0 Å². The number of carbonyl (C=O) groups is 2. The second-order valence-corrected chi connectivity index (χ2v) is 15.1. The fourth-order valence-corrected chi connectivity index (χ4v) is 7.79. The Hall–Kier alpha value is -3.43. The van der Waals surface area contributed by atoms with Crippen LogP contribution in [0.3, 0.4) is 0 Å². The van der Waals surface area contributed by atoms with E-state index in [0.717, 1.165) is 12.0 Å². The number of sulfonamides is 1. The summed E-state index contributed by atoms with van der Waals surface area (Å²) in [5, 5.41) is 17.2. The van der Waals surface area contributed by atoms with Crippen LogP contribution in [0.25, 0.3) is 0 Å². The fourth-order valence-electron chi connectivity index (χ4n) is 6.09. The third-order valence-corrected chi connectivity index (χ3v) is 10.4. The maximum Gasteiger partial charge on any atom is 0.407 e. The molecular formula is C34H50N4O9S. The zero-order chi connectivity index (χ0) is 34.7. The summed E-state index contributed by atoms with van der Waals surface area (Å²) in [6.45, 7) is 6.91. The molecule has 0 spiro atoms. The highest BCUT2D eigenvalue weighted by Gasteiger charge is 2.44. The largest absolute Gasteiger partial charge is 0.450 e. The molecule has 0 aliphatic carbocycles. The Labute approximate surface area is 283 Å². The SMILES string of the molecule is CCOC(=O)NCCCCC(C)(C)CN(C[C@@H](O)[C@H](Cc1ccccc1)NC(=O)O[C@H]1CO[C@H]2OCC[C@H]21)S(=O)(=O)c1cccc(N)c1. The van der Waals surface area contributed by atoms with Crippen LogP contribution < -0.4 is 16.4 Å². The number of fused-ring (bicyclic) bond motifs is 1. The van der Waals surface area contributed by atoms with Crippen molar-refractivity contribution in [3.8, 4) is 0 Å². The van der Waals surface area contributed by atoms with E-state index in [2.05, 4.69) is 10.6 Å². The highest BCUT2D eigenvalue weighted by molar-refractivity contribution is 7.89. The summed E-state index contributed by atoms with van der Waals surface area (Å²) >= 11 is 0. The lowest BCUT2D eigenvalue weighted by Gasteiger charge is -2.35. The summed E-state index contributed by atoms with van der Waals surface area (Å²) in [6.07, 6.45) is -0.390. The molecule has 0 saturated carbocycles. The maximum absolute atomic E-state index is 14.1. The number of nitrogens with zero attached hydrogens (tertiary/aromatic N) is 1. The third-order valence-electron chi connectivity index (χ3n) is 8.63. The molecule has 0 radical (unpaired) electrons. The summed E-state index contributed by atoms with van der Waals surface area (Å²) in [5.74, 6) is -0.0598. The predicted molar refractivity (Wildman–Crippen MR) is 179 cm³/mol. The van der Waals surface area contributed by atoms with Crippen LogP contribution in [-0.2, 0) is 35.4 Å². The van der Waals surface area contributed by atoms with E-state index >= 15 is 0 Å². The number of benzene rings is 2. The number of unbranched alkanes of at least 4 members (excludes halogenated alkanes) is 1. The van der Waals surface area contributed by atoms with Gasteiger partial charge in [0.1, 0.15) is 6.10 Å². The zero-order valence-corrected chi connectivity index (χ0v) is 28.8. The van der Waals surface area contributed by atoms with E-state index in [1.165, 1.54) is 16.4 Å². The molecule has 2 aliphatic rings. The number of alkyl carbamates (subject to hydrolysis) is 2. The highest BCUT2D eigenvalue weighted by atomic mass is 32.2. The molecular weight excluding hydrogens is 640 g/mol. The van der Waals surface area contributed by atoms with Crippen LogP contribution in [-0.4, -0.2) is 94.0 Å². The number of nitrogens with two attached hydrogens (primary N) is 1. The van der Waals surface area contributed by atoms with Gasteiger partial charge in [-0.2, -0.15) is 4.31 Å². The van der Waals surface area contributed by atoms with E-state index in [9.17, 15) is 23.1 Å². The van der Waals surface area contributed by atoms with Gasteiger partial charge in [-0.25, -0.2) is 18.0 Å². The molecule has 14 heteroatoms. The van der Waals surface area contributed by atoms with Gasteiger partial charge in [0.05, 0.1) is 42.8 Å². The molecule has 266 valence electrons. The number of nitrogens with one attached hydrogen (secondary N) is 2. The van der Waals surface area contributed by atoms with E-state index in [1.54, 1.807) is 19.1 Å². The first kappa shape index (κ1) is 37.4. The number of aliphatic hydroxyl groups excluding tert-OH is 1. The summed E-state index contributed by atoms with van der Waals surface area (Å²) in [4.78, 5) is 24.8. The Morgan fingerprint density at radius 1 is 1.10 bits per heavy atom. The first-order chi connectivity index (χ1) is 22.9. The number of nitrogen functional groups attached to an aromatic ring is 1. The molecule has 13 nitrogen and oxygen atoms in total. The zero-order valence-electron chi connectivity index (χ0n) is 28.0. The quantitative estimate of drug-likeness (QED) is 0.141.